The van der Waals surface area contributed by atoms with Gasteiger partial charge in [0.25, 0.3) is 0 Å². The smallest absolute Gasteiger partial charge is 0.232 e. The van der Waals surface area contributed by atoms with E-state index >= 15 is 0 Å². The average molecular weight is 418 g/mol. The van der Waals surface area contributed by atoms with Gasteiger partial charge in [-0.05, 0) is 37.6 Å². The van der Waals surface area contributed by atoms with Gasteiger partial charge in [-0.3, -0.25) is 9.89 Å². The van der Waals surface area contributed by atoms with E-state index in [9.17, 15) is 4.79 Å². The summed E-state index contributed by atoms with van der Waals surface area (Å²) in [6.45, 7) is 5.24. The Morgan fingerprint density at radius 2 is 2.03 bits per heavy atom. The number of hydrogen-bond acceptors (Lipinski definition) is 6. The second-order valence-corrected chi connectivity index (χ2v) is 7.91. The van der Waals surface area contributed by atoms with Crippen LogP contribution < -0.4 is 14.8 Å². The minimum atomic E-state index is -0.118. The number of H-pyrrole nitrogens is 1. The van der Waals surface area contributed by atoms with Gasteiger partial charge < -0.3 is 19.7 Å². The number of nitrogens with one attached hydrogen (secondary N) is 2. The summed E-state index contributed by atoms with van der Waals surface area (Å²) in [6, 6.07) is 11.5. The lowest BCUT2D eigenvalue weighted by Crippen LogP contribution is -2.43. The molecule has 1 aromatic heterocycles. The van der Waals surface area contributed by atoms with Crippen molar-refractivity contribution in [3.63, 3.8) is 0 Å². The van der Waals surface area contributed by atoms with Crippen LogP contribution in [0.4, 0.5) is 0 Å². The van der Waals surface area contributed by atoms with Gasteiger partial charge in [-0.15, -0.1) is 0 Å². The number of nitrogens with zero attached hydrogens (tertiary/aromatic N) is 2. The molecule has 1 saturated heterocycles. The monoisotopic (exact) mass is 418 g/mol. The number of ether oxygens (including phenoxy) is 2. The highest BCUT2D eigenvalue weighted by atomic mass is 16.5. The molecular formula is C24H26N4O3. The molecule has 3 heterocycles. The van der Waals surface area contributed by atoms with Crippen LogP contribution in [-0.2, 0) is 6.42 Å². The number of rotatable bonds is 6. The number of allylic oxidation sites excluding steroid dienone is 1. The zero-order chi connectivity index (χ0) is 21.2. The SMILES string of the molecule is COc1ccc2c(c1CCCN1CCNCC1)O/C(=C\c1n[nH]c3ccccc13)C2=O. The van der Waals surface area contributed by atoms with E-state index in [1.807, 2.05) is 30.3 Å². The third-order valence-electron chi connectivity index (χ3n) is 6.00. The van der Waals surface area contributed by atoms with E-state index < -0.39 is 0 Å². The standard InChI is InChI=1S/C24H26N4O3/c1-30-21-9-8-18-23(29)22(15-20-16-5-2-3-7-19(16)26-27-20)31-24(18)17(21)6-4-12-28-13-10-25-11-14-28/h2-3,5,7-9,15,25H,4,6,10-14H2,1H3,(H,26,27)/b22-15-. The molecule has 2 aliphatic rings. The van der Waals surface area contributed by atoms with Crippen LogP contribution in [0, 0.1) is 0 Å². The van der Waals surface area contributed by atoms with Gasteiger partial charge in [-0.25, -0.2) is 0 Å². The summed E-state index contributed by atoms with van der Waals surface area (Å²) >= 11 is 0. The number of fused-ring (bicyclic) bond motifs is 2. The van der Waals surface area contributed by atoms with Crippen LogP contribution in [0.5, 0.6) is 11.5 Å². The first kappa shape index (κ1) is 19.8. The van der Waals surface area contributed by atoms with Crippen molar-refractivity contribution in [1.29, 1.82) is 0 Å². The second-order valence-electron chi connectivity index (χ2n) is 7.91. The Balaban J connectivity index is 1.40. The number of ketones is 1. The number of carbonyl (C=O) groups excluding carboxylic acids is 1. The van der Waals surface area contributed by atoms with Gasteiger partial charge in [-0.1, -0.05) is 18.2 Å². The summed E-state index contributed by atoms with van der Waals surface area (Å²) in [5.41, 5.74) is 3.16. The Bertz CT molecular complexity index is 1140. The highest BCUT2D eigenvalue weighted by Gasteiger charge is 2.31. The van der Waals surface area contributed by atoms with Crippen molar-refractivity contribution in [3.05, 3.63) is 59.0 Å². The van der Waals surface area contributed by atoms with Gasteiger partial charge in [-0.2, -0.15) is 5.10 Å². The molecule has 160 valence electrons. The number of carbonyl (C=O) groups is 1. The molecule has 2 aliphatic heterocycles. The molecule has 0 amide bonds. The van der Waals surface area contributed by atoms with E-state index in [1.165, 1.54) is 0 Å². The number of benzene rings is 2. The largest absolute Gasteiger partial charge is 0.496 e. The molecule has 0 saturated carbocycles. The van der Waals surface area contributed by atoms with Gasteiger partial charge >= 0.3 is 0 Å². The fourth-order valence-corrected chi connectivity index (χ4v) is 4.35. The molecule has 31 heavy (non-hydrogen) atoms. The molecule has 2 N–H and O–H groups in total. The molecular weight excluding hydrogens is 392 g/mol. The molecule has 0 bridgehead atoms. The van der Waals surface area contributed by atoms with Crippen LogP contribution in [-0.4, -0.2) is 60.7 Å². The van der Waals surface area contributed by atoms with Crippen molar-refractivity contribution in [1.82, 2.24) is 20.4 Å². The maximum Gasteiger partial charge on any atom is 0.232 e. The summed E-state index contributed by atoms with van der Waals surface area (Å²) < 4.78 is 11.7. The Kier molecular flexibility index (Phi) is 5.44. The van der Waals surface area contributed by atoms with E-state index in [-0.39, 0.29) is 5.78 Å². The Morgan fingerprint density at radius 3 is 2.87 bits per heavy atom. The minimum absolute atomic E-state index is 0.118. The van der Waals surface area contributed by atoms with Crippen molar-refractivity contribution >= 4 is 22.8 Å². The number of piperazine rings is 1. The lowest BCUT2D eigenvalue weighted by Gasteiger charge is -2.27. The first-order valence-electron chi connectivity index (χ1n) is 10.7. The fourth-order valence-electron chi connectivity index (χ4n) is 4.35. The molecule has 0 spiro atoms. The van der Waals surface area contributed by atoms with Gasteiger partial charge in [0.15, 0.2) is 5.76 Å². The van der Waals surface area contributed by atoms with E-state index in [2.05, 4.69) is 20.4 Å². The summed E-state index contributed by atoms with van der Waals surface area (Å²) in [4.78, 5) is 15.5. The van der Waals surface area contributed by atoms with Gasteiger partial charge in [0.05, 0.1) is 23.9 Å². The van der Waals surface area contributed by atoms with Crippen LogP contribution in [0.25, 0.3) is 17.0 Å². The number of Topliss-reactive ketones (excluding diaryl/α,β-unsaturated/α-hetero) is 1. The molecule has 2 aromatic carbocycles. The normalized spacial score (nSPS) is 17.8. The van der Waals surface area contributed by atoms with Crippen molar-refractivity contribution in [3.8, 4) is 11.5 Å². The number of hydrogen-bond donors (Lipinski definition) is 2. The van der Waals surface area contributed by atoms with Crippen LogP contribution in [0.3, 0.4) is 0 Å². The van der Waals surface area contributed by atoms with Gasteiger partial charge in [0, 0.05) is 43.2 Å². The predicted molar refractivity (Wildman–Crippen MR) is 120 cm³/mol. The first-order valence-corrected chi connectivity index (χ1v) is 10.7. The number of aromatic amines is 1. The van der Waals surface area contributed by atoms with E-state index in [4.69, 9.17) is 9.47 Å². The first-order chi connectivity index (χ1) is 15.2. The van der Waals surface area contributed by atoms with Crippen molar-refractivity contribution in [2.75, 3.05) is 39.8 Å². The average Bonchev–Trinajstić information content (AvgIpc) is 3.36. The Morgan fingerprint density at radius 1 is 1.19 bits per heavy atom. The van der Waals surface area contributed by atoms with Crippen LogP contribution in [0.2, 0.25) is 0 Å². The molecule has 0 aliphatic carbocycles. The summed E-state index contributed by atoms with van der Waals surface area (Å²) in [7, 11) is 1.66. The van der Waals surface area contributed by atoms with Crippen molar-refractivity contribution in [2.45, 2.75) is 12.8 Å². The minimum Gasteiger partial charge on any atom is -0.496 e. The molecule has 3 aromatic rings. The molecule has 0 atom stereocenters. The third kappa shape index (κ3) is 3.82. The summed E-state index contributed by atoms with van der Waals surface area (Å²) in [5.74, 6) is 1.56. The van der Waals surface area contributed by atoms with E-state index in [0.29, 0.717) is 22.8 Å². The second kappa shape index (κ2) is 8.53. The van der Waals surface area contributed by atoms with Crippen LogP contribution >= 0.6 is 0 Å². The highest BCUT2D eigenvalue weighted by molar-refractivity contribution is 6.15. The number of para-hydroxylation sites is 1. The number of aromatic nitrogens is 2. The molecule has 5 rings (SSSR count). The van der Waals surface area contributed by atoms with Crippen LogP contribution in [0.1, 0.15) is 28.0 Å². The molecule has 1 fully saturated rings. The molecule has 0 radical (unpaired) electrons. The van der Waals surface area contributed by atoms with Gasteiger partial charge in [0.2, 0.25) is 5.78 Å². The maximum absolute atomic E-state index is 13.0. The van der Waals surface area contributed by atoms with E-state index in [0.717, 1.165) is 67.8 Å². The quantitative estimate of drug-likeness (QED) is 0.599. The molecule has 7 nitrogen and oxygen atoms in total. The zero-order valence-corrected chi connectivity index (χ0v) is 17.6. The Labute approximate surface area is 181 Å². The van der Waals surface area contributed by atoms with Crippen LogP contribution in [0.15, 0.2) is 42.2 Å². The lowest BCUT2D eigenvalue weighted by molar-refractivity contribution is 0.101. The van der Waals surface area contributed by atoms with Crippen molar-refractivity contribution in [2.24, 2.45) is 0 Å². The highest BCUT2D eigenvalue weighted by Crippen LogP contribution is 2.40. The number of methoxy groups -OCH3 is 1. The fraction of sp³-hybridized carbons (Fsp3) is 0.333. The summed E-state index contributed by atoms with van der Waals surface area (Å²) in [5, 5.41) is 11.7. The lowest BCUT2D eigenvalue weighted by atomic mass is 10.0. The molecule has 7 heteroatoms. The van der Waals surface area contributed by atoms with Gasteiger partial charge in [0.1, 0.15) is 11.5 Å². The summed E-state index contributed by atoms with van der Waals surface area (Å²) in [6.07, 6.45) is 3.49. The predicted octanol–water partition coefficient (Wildman–Crippen LogP) is 3.03. The topological polar surface area (TPSA) is 79.5 Å². The van der Waals surface area contributed by atoms with E-state index in [1.54, 1.807) is 19.3 Å². The molecule has 0 unspecified atom stereocenters. The zero-order valence-electron chi connectivity index (χ0n) is 17.6. The maximum atomic E-state index is 13.0. The Hall–Kier alpha value is -3.16. The third-order valence-corrected chi connectivity index (χ3v) is 6.00. The van der Waals surface area contributed by atoms with Crippen molar-refractivity contribution < 1.29 is 14.3 Å².